The van der Waals surface area contributed by atoms with Crippen molar-refractivity contribution in [2.24, 2.45) is 5.92 Å². The number of carbonyl (C=O) groups is 1. The molecule has 1 unspecified atom stereocenters. The van der Waals surface area contributed by atoms with Gasteiger partial charge in [0, 0.05) is 17.7 Å². The van der Waals surface area contributed by atoms with Crippen LogP contribution in [-0.2, 0) is 0 Å². The second kappa shape index (κ2) is 5.97. The van der Waals surface area contributed by atoms with Crippen LogP contribution in [0, 0.1) is 16.0 Å². The lowest BCUT2D eigenvalue weighted by Crippen LogP contribution is -2.40. The summed E-state index contributed by atoms with van der Waals surface area (Å²) >= 11 is 11.6. The zero-order valence-corrected chi connectivity index (χ0v) is 12.4. The van der Waals surface area contributed by atoms with Gasteiger partial charge in [0.05, 0.1) is 9.95 Å². The van der Waals surface area contributed by atoms with Crippen molar-refractivity contribution in [2.45, 2.75) is 32.2 Å². The summed E-state index contributed by atoms with van der Waals surface area (Å²) in [6.07, 6.45) is 3.38. The molecule has 0 aliphatic heterocycles. The molecule has 7 heteroatoms. The topological polar surface area (TPSA) is 72.2 Å². The van der Waals surface area contributed by atoms with E-state index in [0.717, 1.165) is 18.9 Å². The van der Waals surface area contributed by atoms with Crippen LogP contribution in [0.15, 0.2) is 12.1 Å². The van der Waals surface area contributed by atoms with Crippen LogP contribution in [0.4, 0.5) is 5.69 Å². The Morgan fingerprint density at radius 2 is 2.10 bits per heavy atom. The van der Waals surface area contributed by atoms with Crippen LogP contribution in [0.1, 0.15) is 36.5 Å². The summed E-state index contributed by atoms with van der Waals surface area (Å²) in [5, 5.41) is 13.6. The molecule has 108 valence electrons. The van der Waals surface area contributed by atoms with E-state index in [1.54, 1.807) is 0 Å². The first kappa shape index (κ1) is 15.1. The third kappa shape index (κ3) is 3.04. The number of nitro groups is 1. The Kier molecular flexibility index (Phi) is 4.50. The van der Waals surface area contributed by atoms with Gasteiger partial charge in [0.15, 0.2) is 0 Å². The van der Waals surface area contributed by atoms with Crippen molar-refractivity contribution in [1.82, 2.24) is 5.32 Å². The van der Waals surface area contributed by atoms with Crippen LogP contribution in [0.5, 0.6) is 0 Å². The number of benzene rings is 1. The Morgan fingerprint density at radius 3 is 2.60 bits per heavy atom. The van der Waals surface area contributed by atoms with Crippen molar-refractivity contribution in [1.29, 1.82) is 0 Å². The standard InChI is InChI=1S/C13H14Cl2N2O3/c1-7(8-3-2-4-8)16-13(18)9-5-10(14)12(15)11(6-9)17(19)20/h5-8H,2-4H2,1H3,(H,16,18). The molecule has 1 fully saturated rings. The van der Waals surface area contributed by atoms with E-state index in [-0.39, 0.29) is 33.2 Å². The van der Waals surface area contributed by atoms with Gasteiger partial charge in [0.2, 0.25) is 0 Å². The summed E-state index contributed by atoms with van der Waals surface area (Å²) in [5.74, 6) is 0.114. The van der Waals surface area contributed by atoms with E-state index < -0.39 is 4.92 Å². The van der Waals surface area contributed by atoms with Gasteiger partial charge in [-0.25, -0.2) is 0 Å². The Balaban J connectivity index is 2.19. The van der Waals surface area contributed by atoms with Gasteiger partial charge < -0.3 is 5.32 Å². The molecule has 5 nitrogen and oxygen atoms in total. The Morgan fingerprint density at radius 1 is 1.45 bits per heavy atom. The van der Waals surface area contributed by atoms with E-state index in [4.69, 9.17) is 23.2 Å². The Hall–Kier alpha value is -1.33. The van der Waals surface area contributed by atoms with Crippen LogP contribution >= 0.6 is 23.2 Å². The zero-order chi connectivity index (χ0) is 14.9. The molecule has 1 atom stereocenters. The molecule has 0 bridgehead atoms. The van der Waals surface area contributed by atoms with Crippen LogP contribution in [0.25, 0.3) is 0 Å². The van der Waals surface area contributed by atoms with E-state index in [9.17, 15) is 14.9 Å². The Bertz CT molecular complexity index is 559. The molecule has 0 heterocycles. The first-order chi connectivity index (χ1) is 9.40. The largest absolute Gasteiger partial charge is 0.349 e. The van der Waals surface area contributed by atoms with Crippen LogP contribution < -0.4 is 5.32 Å². The van der Waals surface area contributed by atoms with E-state index >= 15 is 0 Å². The van der Waals surface area contributed by atoms with Gasteiger partial charge in [0.25, 0.3) is 11.6 Å². The normalized spacial score (nSPS) is 16.4. The van der Waals surface area contributed by atoms with E-state index in [2.05, 4.69) is 5.32 Å². The molecule has 1 aliphatic rings. The fourth-order valence-electron chi connectivity index (χ4n) is 2.19. The van der Waals surface area contributed by atoms with Gasteiger partial charge in [-0.15, -0.1) is 0 Å². The molecule has 1 aromatic rings. The maximum Gasteiger partial charge on any atom is 0.290 e. The number of amides is 1. The van der Waals surface area contributed by atoms with E-state index in [1.165, 1.54) is 12.5 Å². The van der Waals surface area contributed by atoms with Crippen molar-refractivity contribution >= 4 is 34.8 Å². The summed E-state index contributed by atoms with van der Waals surface area (Å²) in [6, 6.07) is 2.54. The molecule has 0 spiro atoms. The molecule has 1 N–H and O–H groups in total. The minimum Gasteiger partial charge on any atom is -0.349 e. The second-order valence-electron chi connectivity index (χ2n) is 5.00. The summed E-state index contributed by atoms with van der Waals surface area (Å²) < 4.78 is 0. The van der Waals surface area contributed by atoms with Gasteiger partial charge >= 0.3 is 0 Å². The number of nitrogens with zero attached hydrogens (tertiary/aromatic N) is 1. The fraction of sp³-hybridized carbons (Fsp3) is 0.462. The monoisotopic (exact) mass is 316 g/mol. The number of nitro benzene ring substituents is 1. The molecule has 0 radical (unpaired) electrons. The Labute approximate surface area is 126 Å². The fourth-order valence-corrected chi connectivity index (χ4v) is 2.58. The smallest absolute Gasteiger partial charge is 0.290 e. The molecule has 1 aromatic carbocycles. The third-order valence-electron chi connectivity index (χ3n) is 3.68. The van der Waals surface area contributed by atoms with Gasteiger partial charge in [-0.2, -0.15) is 0 Å². The predicted molar refractivity (Wildman–Crippen MR) is 77.4 cm³/mol. The highest BCUT2D eigenvalue weighted by Crippen LogP contribution is 2.33. The summed E-state index contributed by atoms with van der Waals surface area (Å²) in [5.41, 5.74) is -0.210. The molecule has 20 heavy (non-hydrogen) atoms. The van der Waals surface area contributed by atoms with Gasteiger partial charge in [-0.3, -0.25) is 14.9 Å². The summed E-state index contributed by atoms with van der Waals surface area (Å²) in [4.78, 5) is 22.3. The van der Waals surface area contributed by atoms with Crippen molar-refractivity contribution < 1.29 is 9.72 Å². The number of hydrogen-bond donors (Lipinski definition) is 1. The quantitative estimate of drug-likeness (QED) is 0.678. The highest BCUT2D eigenvalue weighted by Gasteiger charge is 2.26. The lowest BCUT2D eigenvalue weighted by Gasteiger charge is -2.31. The van der Waals surface area contributed by atoms with Gasteiger partial charge in [0.1, 0.15) is 5.02 Å². The number of nitrogens with one attached hydrogen (secondary N) is 1. The molecular formula is C13H14Cl2N2O3. The predicted octanol–water partition coefficient (Wildman–Crippen LogP) is 3.82. The highest BCUT2D eigenvalue weighted by atomic mass is 35.5. The number of hydrogen-bond acceptors (Lipinski definition) is 3. The van der Waals surface area contributed by atoms with Crippen molar-refractivity contribution in [3.63, 3.8) is 0 Å². The van der Waals surface area contributed by atoms with Crippen molar-refractivity contribution in [3.05, 3.63) is 37.9 Å². The molecule has 2 rings (SSSR count). The lowest BCUT2D eigenvalue weighted by atomic mass is 9.80. The number of rotatable bonds is 4. The molecule has 1 saturated carbocycles. The number of halogens is 2. The molecule has 1 aliphatic carbocycles. The average molecular weight is 317 g/mol. The van der Waals surface area contributed by atoms with Gasteiger partial charge in [-0.1, -0.05) is 29.6 Å². The van der Waals surface area contributed by atoms with Crippen molar-refractivity contribution in [3.8, 4) is 0 Å². The average Bonchev–Trinajstić information content (AvgIpc) is 2.29. The van der Waals surface area contributed by atoms with Crippen molar-refractivity contribution in [2.75, 3.05) is 0 Å². The van der Waals surface area contributed by atoms with Crippen LogP contribution in [0.2, 0.25) is 10.0 Å². The van der Waals surface area contributed by atoms with Gasteiger partial charge in [-0.05, 0) is 31.7 Å². The SMILES string of the molecule is CC(NC(=O)c1cc(Cl)c(Cl)c([N+](=O)[O-])c1)C1CCC1. The number of carbonyl (C=O) groups excluding carboxylic acids is 1. The van der Waals surface area contributed by atoms with Crippen LogP contribution in [0.3, 0.4) is 0 Å². The zero-order valence-electron chi connectivity index (χ0n) is 10.9. The third-order valence-corrected chi connectivity index (χ3v) is 4.48. The van der Waals surface area contributed by atoms with Crippen LogP contribution in [-0.4, -0.2) is 16.9 Å². The molecule has 0 saturated heterocycles. The maximum absolute atomic E-state index is 12.1. The first-order valence-electron chi connectivity index (χ1n) is 6.34. The molecule has 0 aromatic heterocycles. The minimum absolute atomic E-state index is 0.00214. The lowest BCUT2D eigenvalue weighted by molar-refractivity contribution is -0.384. The highest BCUT2D eigenvalue weighted by molar-refractivity contribution is 6.43. The summed E-state index contributed by atoms with van der Waals surface area (Å²) in [6.45, 7) is 1.94. The maximum atomic E-state index is 12.1. The first-order valence-corrected chi connectivity index (χ1v) is 7.10. The minimum atomic E-state index is -0.652. The molecule has 1 amide bonds. The summed E-state index contributed by atoms with van der Waals surface area (Å²) in [7, 11) is 0. The van der Waals surface area contributed by atoms with E-state index in [1.807, 2.05) is 6.92 Å². The van der Waals surface area contributed by atoms with E-state index in [0.29, 0.717) is 5.92 Å². The molecular weight excluding hydrogens is 303 g/mol. The second-order valence-corrected chi connectivity index (χ2v) is 5.79.